The molecule has 3 heterocycles. The maximum Gasteiger partial charge on any atom is 0.454 e. The molecule has 0 aliphatic carbocycles. The minimum Gasteiger partial charge on any atom is -0.493 e. The van der Waals surface area contributed by atoms with Crippen molar-refractivity contribution in [2.45, 2.75) is 31.2 Å². The maximum atomic E-state index is 9.62. The van der Waals surface area contributed by atoms with Gasteiger partial charge < -0.3 is 19.2 Å². The van der Waals surface area contributed by atoms with Gasteiger partial charge in [0.15, 0.2) is 11.5 Å². The van der Waals surface area contributed by atoms with Crippen LogP contribution in [0.2, 0.25) is 6.32 Å². The van der Waals surface area contributed by atoms with Gasteiger partial charge in [0.1, 0.15) is 6.10 Å². The van der Waals surface area contributed by atoms with Gasteiger partial charge in [-0.1, -0.05) is 6.07 Å². The Balaban J connectivity index is 1.58. The third-order valence-electron chi connectivity index (χ3n) is 5.17. The number of aromatic nitrogens is 1. The van der Waals surface area contributed by atoms with Gasteiger partial charge in [-0.2, -0.15) is 11.8 Å². The molecule has 2 saturated heterocycles. The fourth-order valence-electron chi connectivity index (χ4n) is 3.60. The summed E-state index contributed by atoms with van der Waals surface area (Å²) in [4.78, 5) is 4.41. The van der Waals surface area contributed by atoms with Gasteiger partial charge in [0.2, 0.25) is 0 Å². The highest BCUT2D eigenvalue weighted by molar-refractivity contribution is 7.99. The van der Waals surface area contributed by atoms with E-state index in [2.05, 4.69) is 11.1 Å². The Hall–Kier alpha value is -1.70. The fourth-order valence-corrected chi connectivity index (χ4v) is 4.66. The van der Waals surface area contributed by atoms with Crippen LogP contribution in [0.1, 0.15) is 24.3 Å². The number of hydrogen-bond donors (Lipinski definition) is 1. The van der Waals surface area contributed by atoms with Gasteiger partial charge >= 0.3 is 7.12 Å². The van der Waals surface area contributed by atoms with Crippen molar-refractivity contribution < 1.29 is 19.2 Å². The molecule has 142 valence electrons. The van der Waals surface area contributed by atoms with Crippen molar-refractivity contribution in [3.05, 3.63) is 42.2 Å². The van der Waals surface area contributed by atoms with Crippen LogP contribution in [0.4, 0.5) is 0 Å². The predicted molar refractivity (Wildman–Crippen MR) is 109 cm³/mol. The molecular weight excluding hydrogens is 361 g/mol. The molecule has 1 aromatic carbocycles. The monoisotopic (exact) mass is 385 g/mol. The summed E-state index contributed by atoms with van der Waals surface area (Å²) < 4.78 is 17.1. The maximum absolute atomic E-state index is 9.62. The molecule has 2 aliphatic rings. The van der Waals surface area contributed by atoms with Crippen LogP contribution in [-0.4, -0.2) is 48.5 Å². The van der Waals surface area contributed by atoms with E-state index in [1.54, 1.807) is 7.11 Å². The highest BCUT2D eigenvalue weighted by atomic mass is 32.2. The highest BCUT2D eigenvalue weighted by Gasteiger charge is 2.30. The average molecular weight is 385 g/mol. The number of rotatable bonds is 5. The van der Waals surface area contributed by atoms with E-state index in [1.807, 2.05) is 42.4 Å². The quantitative estimate of drug-likeness (QED) is 0.794. The second-order valence-electron chi connectivity index (χ2n) is 7.02. The van der Waals surface area contributed by atoms with Gasteiger partial charge in [-0.3, -0.25) is 4.98 Å². The Kier molecular flexibility index (Phi) is 5.90. The van der Waals surface area contributed by atoms with E-state index < -0.39 is 7.12 Å². The van der Waals surface area contributed by atoms with Crippen molar-refractivity contribution >= 4 is 18.9 Å². The first-order chi connectivity index (χ1) is 13.2. The largest absolute Gasteiger partial charge is 0.493 e. The molecule has 0 spiro atoms. The molecule has 2 aliphatic heterocycles. The first-order valence-corrected chi connectivity index (χ1v) is 10.6. The smallest absolute Gasteiger partial charge is 0.454 e. The van der Waals surface area contributed by atoms with E-state index in [-0.39, 0.29) is 12.0 Å². The molecule has 0 amide bonds. The lowest BCUT2D eigenvalue weighted by atomic mass is 9.80. The summed E-state index contributed by atoms with van der Waals surface area (Å²) in [5, 5.41) is 9.62. The predicted octanol–water partition coefficient (Wildman–Crippen LogP) is 3.63. The van der Waals surface area contributed by atoms with Gasteiger partial charge in [-0.05, 0) is 60.0 Å². The number of nitrogens with zero attached hydrogens (tertiary/aromatic N) is 1. The van der Waals surface area contributed by atoms with E-state index in [4.69, 9.17) is 14.1 Å². The Bertz CT molecular complexity index is 784. The molecule has 7 heteroatoms. The normalized spacial score (nSPS) is 20.7. The van der Waals surface area contributed by atoms with Crippen LogP contribution in [0, 0.1) is 0 Å². The van der Waals surface area contributed by atoms with Crippen LogP contribution >= 0.6 is 11.8 Å². The van der Waals surface area contributed by atoms with Gasteiger partial charge in [-0.15, -0.1) is 0 Å². The lowest BCUT2D eigenvalue weighted by molar-refractivity contribution is 0.184. The van der Waals surface area contributed by atoms with Gasteiger partial charge in [0.05, 0.1) is 7.11 Å². The topological polar surface area (TPSA) is 60.8 Å². The van der Waals surface area contributed by atoms with Crippen LogP contribution in [0.5, 0.6) is 11.5 Å². The molecule has 2 fully saturated rings. The zero-order chi connectivity index (χ0) is 18.6. The highest BCUT2D eigenvalue weighted by Crippen LogP contribution is 2.36. The summed E-state index contributed by atoms with van der Waals surface area (Å²) in [7, 11) is 1.000. The number of ether oxygens (including phenoxy) is 2. The van der Waals surface area contributed by atoms with E-state index in [1.165, 1.54) is 0 Å². The summed E-state index contributed by atoms with van der Waals surface area (Å²) in [6.07, 6.45) is 6.71. The molecule has 27 heavy (non-hydrogen) atoms. The van der Waals surface area contributed by atoms with Crippen LogP contribution in [-0.2, 0) is 4.65 Å². The first kappa shape index (κ1) is 18.7. The molecule has 0 radical (unpaired) electrons. The molecule has 1 atom stereocenters. The second-order valence-corrected chi connectivity index (χ2v) is 8.25. The summed E-state index contributed by atoms with van der Waals surface area (Å²) in [5.74, 6) is 4.02. The van der Waals surface area contributed by atoms with Gasteiger partial charge in [-0.25, -0.2) is 0 Å². The molecule has 1 N–H and O–H groups in total. The summed E-state index contributed by atoms with van der Waals surface area (Å²) in [5.41, 5.74) is 3.16. The SMILES string of the molecule is COc1ccc(-c2cncc([C@@H]3COB(O)C3)c2)cc1OC1CCSCC1. The van der Waals surface area contributed by atoms with Gasteiger partial charge in [0.25, 0.3) is 0 Å². The summed E-state index contributed by atoms with van der Waals surface area (Å²) in [6.45, 7) is 0.531. The molecule has 2 aromatic rings. The summed E-state index contributed by atoms with van der Waals surface area (Å²) >= 11 is 1.99. The number of pyridine rings is 1. The first-order valence-electron chi connectivity index (χ1n) is 9.40. The molecule has 0 unspecified atom stereocenters. The molecule has 0 bridgehead atoms. The lowest BCUT2D eigenvalue weighted by Crippen LogP contribution is -2.22. The van der Waals surface area contributed by atoms with Crippen LogP contribution < -0.4 is 9.47 Å². The standard InChI is InChI=1S/C20H24BNO4S/c1-24-19-3-2-14(9-20(19)26-18-4-6-27-7-5-18)15-8-16(12-22-11-15)17-10-21(23)25-13-17/h2-3,8-9,11-12,17-18,23H,4-7,10,13H2,1H3/t17-/m0/s1. The minimum absolute atomic E-state index is 0.182. The van der Waals surface area contributed by atoms with Crippen LogP contribution in [0.25, 0.3) is 11.1 Å². The number of benzene rings is 1. The lowest BCUT2D eigenvalue weighted by Gasteiger charge is -2.24. The van der Waals surface area contributed by atoms with E-state index >= 15 is 0 Å². The van der Waals surface area contributed by atoms with Crippen molar-refractivity contribution in [1.29, 1.82) is 0 Å². The molecule has 1 aromatic heterocycles. The second kappa shape index (κ2) is 8.54. The van der Waals surface area contributed by atoms with Crippen molar-refractivity contribution in [3.63, 3.8) is 0 Å². The number of thioether (sulfide) groups is 1. The van der Waals surface area contributed by atoms with Crippen LogP contribution in [0.15, 0.2) is 36.7 Å². The van der Waals surface area contributed by atoms with Crippen LogP contribution in [0.3, 0.4) is 0 Å². The summed E-state index contributed by atoms with van der Waals surface area (Å²) in [6, 6.07) is 8.16. The molecule has 4 rings (SSSR count). The Morgan fingerprint density at radius 3 is 2.74 bits per heavy atom. The van der Waals surface area contributed by atoms with Crippen molar-refractivity contribution in [2.75, 3.05) is 25.2 Å². The zero-order valence-corrected chi connectivity index (χ0v) is 16.3. The van der Waals surface area contributed by atoms with Crippen molar-refractivity contribution in [1.82, 2.24) is 4.98 Å². The third-order valence-corrected chi connectivity index (χ3v) is 6.21. The Labute approximate surface area is 164 Å². The Morgan fingerprint density at radius 2 is 2.00 bits per heavy atom. The van der Waals surface area contributed by atoms with Crippen molar-refractivity contribution in [2.24, 2.45) is 0 Å². The molecular formula is C20H24BNO4S. The number of methoxy groups -OCH3 is 1. The molecule has 0 saturated carbocycles. The number of hydrogen-bond acceptors (Lipinski definition) is 6. The van der Waals surface area contributed by atoms with E-state index in [0.29, 0.717) is 12.9 Å². The van der Waals surface area contributed by atoms with E-state index in [0.717, 1.165) is 52.5 Å². The zero-order valence-electron chi connectivity index (χ0n) is 15.5. The van der Waals surface area contributed by atoms with E-state index in [9.17, 15) is 5.02 Å². The van der Waals surface area contributed by atoms with Gasteiger partial charge in [0, 0.05) is 30.5 Å². The minimum atomic E-state index is -0.673. The fraction of sp³-hybridized carbons (Fsp3) is 0.450. The average Bonchev–Trinajstić information content (AvgIpc) is 3.15. The third kappa shape index (κ3) is 4.42. The van der Waals surface area contributed by atoms with Crippen molar-refractivity contribution in [3.8, 4) is 22.6 Å². The molecule has 5 nitrogen and oxygen atoms in total. The Morgan fingerprint density at radius 1 is 1.15 bits per heavy atom.